The molecule has 0 aliphatic carbocycles. The van der Waals surface area contributed by atoms with E-state index >= 15 is 0 Å². The van der Waals surface area contributed by atoms with Crippen molar-refractivity contribution >= 4 is 5.97 Å². The summed E-state index contributed by atoms with van der Waals surface area (Å²) in [5, 5.41) is 12.1. The standard InChI is InChI=1S/C13H27NO2/c1-4-5-6-7-8-9-10-14-11-13(2,3)12(15)16/h14H,4-11H2,1-3H3,(H,15,16). The van der Waals surface area contributed by atoms with Gasteiger partial charge in [-0.3, -0.25) is 4.79 Å². The average molecular weight is 229 g/mol. The fraction of sp³-hybridized carbons (Fsp3) is 0.923. The molecule has 0 saturated carbocycles. The zero-order valence-electron chi connectivity index (χ0n) is 11.0. The number of nitrogens with one attached hydrogen (secondary N) is 1. The topological polar surface area (TPSA) is 49.3 Å². The molecule has 0 aliphatic rings. The summed E-state index contributed by atoms with van der Waals surface area (Å²) in [5.41, 5.74) is -0.651. The Morgan fingerprint density at radius 3 is 2.25 bits per heavy atom. The third kappa shape index (κ3) is 7.69. The summed E-state index contributed by atoms with van der Waals surface area (Å²) in [6.07, 6.45) is 7.65. The Morgan fingerprint density at radius 2 is 1.69 bits per heavy atom. The SMILES string of the molecule is CCCCCCCCNCC(C)(C)C(=O)O. The van der Waals surface area contributed by atoms with Gasteiger partial charge in [-0.1, -0.05) is 39.0 Å². The van der Waals surface area contributed by atoms with Crippen molar-refractivity contribution in [2.45, 2.75) is 59.3 Å². The van der Waals surface area contributed by atoms with E-state index in [1.54, 1.807) is 13.8 Å². The molecule has 3 nitrogen and oxygen atoms in total. The maximum Gasteiger partial charge on any atom is 0.310 e. The Labute approximate surface area is 99.6 Å². The number of unbranched alkanes of at least 4 members (excludes halogenated alkanes) is 5. The van der Waals surface area contributed by atoms with Crippen molar-refractivity contribution in [3.8, 4) is 0 Å². The summed E-state index contributed by atoms with van der Waals surface area (Å²) >= 11 is 0. The smallest absolute Gasteiger partial charge is 0.310 e. The van der Waals surface area contributed by atoms with E-state index < -0.39 is 11.4 Å². The van der Waals surface area contributed by atoms with Gasteiger partial charge in [-0.2, -0.15) is 0 Å². The molecular weight excluding hydrogens is 202 g/mol. The summed E-state index contributed by atoms with van der Waals surface area (Å²) < 4.78 is 0. The van der Waals surface area contributed by atoms with Gasteiger partial charge in [0.1, 0.15) is 0 Å². The molecule has 0 heterocycles. The Kier molecular flexibility index (Phi) is 8.26. The first-order valence-corrected chi connectivity index (χ1v) is 6.45. The molecule has 16 heavy (non-hydrogen) atoms. The Morgan fingerprint density at radius 1 is 1.12 bits per heavy atom. The van der Waals surface area contributed by atoms with Gasteiger partial charge < -0.3 is 10.4 Å². The van der Waals surface area contributed by atoms with Crippen LogP contribution in [0, 0.1) is 5.41 Å². The van der Waals surface area contributed by atoms with Crippen LogP contribution in [0.2, 0.25) is 0 Å². The van der Waals surface area contributed by atoms with Crippen LogP contribution in [0.3, 0.4) is 0 Å². The molecule has 0 aromatic rings. The molecule has 0 fully saturated rings. The second-order valence-corrected chi connectivity index (χ2v) is 5.13. The van der Waals surface area contributed by atoms with Gasteiger partial charge in [0.05, 0.1) is 5.41 Å². The largest absolute Gasteiger partial charge is 0.481 e. The fourth-order valence-electron chi connectivity index (χ4n) is 1.51. The molecule has 0 amide bonds. The zero-order valence-corrected chi connectivity index (χ0v) is 11.0. The Bertz CT molecular complexity index is 190. The number of hydrogen-bond acceptors (Lipinski definition) is 2. The number of hydrogen-bond donors (Lipinski definition) is 2. The van der Waals surface area contributed by atoms with Crippen LogP contribution < -0.4 is 5.32 Å². The molecule has 0 aromatic heterocycles. The van der Waals surface area contributed by atoms with Gasteiger partial charge in [0, 0.05) is 6.54 Å². The summed E-state index contributed by atoms with van der Waals surface area (Å²) in [4.78, 5) is 10.8. The highest BCUT2D eigenvalue weighted by molar-refractivity contribution is 5.73. The lowest BCUT2D eigenvalue weighted by molar-refractivity contribution is -0.146. The minimum absolute atomic E-state index is 0.553. The molecular formula is C13H27NO2. The van der Waals surface area contributed by atoms with Gasteiger partial charge in [-0.05, 0) is 26.8 Å². The number of carboxylic acid groups (broad SMARTS) is 1. The van der Waals surface area contributed by atoms with Crippen LogP contribution in [-0.2, 0) is 4.79 Å². The molecule has 0 bridgehead atoms. The van der Waals surface area contributed by atoms with E-state index in [2.05, 4.69) is 12.2 Å². The Balaban J connectivity index is 3.30. The third-order valence-corrected chi connectivity index (χ3v) is 2.85. The molecule has 2 N–H and O–H groups in total. The van der Waals surface area contributed by atoms with Crippen LogP contribution in [0.25, 0.3) is 0 Å². The van der Waals surface area contributed by atoms with E-state index in [-0.39, 0.29) is 0 Å². The first-order valence-electron chi connectivity index (χ1n) is 6.45. The number of carbonyl (C=O) groups is 1. The van der Waals surface area contributed by atoms with Crippen molar-refractivity contribution in [1.82, 2.24) is 5.32 Å². The molecule has 0 atom stereocenters. The summed E-state index contributed by atoms with van der Waals surface area (Å²) in [7, 11) is 0. The van der Waals surface area contributed by atoms with Gasteiger partial charge in [-0.15, -0.1) is 0 Å². The summed E-state index contributed by atoms with van der Waals surface area (Å²) in [6.45, 7) is 7.21. The second kappa shape index (κ2) is 8.57. The lowest BCUT2D eigenvalue weighted by atomic mass is 9.94. The highest BCUT2D eigenvalue weighted by Crippen LogP contribution is 2.13. The predicted octanol–water partition coefficient (Wildman–Crippen LogP) is 3.05. The zero-order chi connectivity index (χ0) is 12.4. The molecule has 0 spiro atoms. The van der Waals surface area contributed by atoms with Gasteiger partial charge in [0.2, 0.25) is 0 Å². The van der Waals surface area contributed by atoms with Gasteiger partial charge in [0.15, 0.2) is 0 Å². The molecule has 0 unspecified atom stereocenters. The van der Waals surface area contributed by atoms with Crippen molar-refractivity contribution in [1.29, 1.82) is 0 Å². The predicted molar refractivity (Wildman–Crippen MR) is 67.7 cm³/mol. The summed E-state index contributed by atoms with van der Waals surface area (Å²) in [6, 6.07) is 0. The molecule has 0 rings (SSSR count). The van der Waals surface area contributed by atoms with Gasteiger partial charge >= 0.3 is 5.97 Å². The third-order valence-electron chi connectivity index (χ3n) is 2.85. The van der Waals surface area contributed by atoms with Crippen molar-refractivity contribution < 1.29 is 9.90 Å². The average Bonchev–Trinajstić information content (AvgIpc) is 2.21. The van der Waals surface area contributed by atoms with E-state index in [0.717, 1.165) is 13.0 Å². The fourth-order valence-corrected chi connectivity index (χ4v) is 1.51. The maximum atomic E-state index is 10.8. The maximum absolute atomic E-state index is 10.8. The van der Waals surface area contributed by atoms with E-state index in [4.69, 9.17) is 5.11 Å². The van der Waals surface area contributed by atoms with Crippen LogP contribution in [0.5, 0.6) is 0 Å². The lowest BCUT2D eigenvalue weighted by Crippen LogP contribution is -2.36. The number of carboxylic acids is 1. The van der Waals surface area contributed by atoms with E-state index in [0.29, 0.717) is 6.54 Å². The van der Waals surface area contributed by atoms with Crippen LogP contribution >= 0.6 is 0 Å². The van der Waals surface area contributed by atoms with Crippen molar-refractivity contribution in [2.75, 3.05) is 13.1 Å². The lowest BCUT2D eigenvalue weighted by Gasteiger charge is -2.19. The molecule has 0 aromatic carbocycles. The van der Waals surface area contributed by atoms with Crippen molar-refractivity contribution in [2.24, 2.45) is 5.41 Å². The first kappa shape index (κ1) is 15.4. The van der Waals surface area contributed by atoms with Crippen LogP contribution in [0.15, 0.2) is 0 Å². The molecule has 0 radical (unpaired) electrons. The molecule has 96 valence electrons. The highest BCUT2D eigenvalue weighted by atomic mass is 16.4. The van der Waals surface area contributed by atoms with Crippen LogP contribution in [-0.4, -0.2) is 24.2 Å². The van der Waals surface area contributed by atoms with Crippen LogP contribution in [0.4, 0.5) is 0 Å². The van der Waals surface area contributed by atoms with E-state index in [9.17, 15) is 4.79 Å². The van der Waals surface area contributed by atoms with E-state index in [1.165, 1.54) is 32.1 Å². The number of aliphatic carboxylic acids is 1. The normalized spacial score (nSPS) is 11.7. The first-order chi connectivity index (χ1) is 7.50. The highest BCUT2D eigenvalue weighted by Gasteiger charge is 2.25. The monoisotopic (exact) mass is 229 g/mol. The van der Waals surface area contributed by atoms with E-state index in [1.807, 2.05) is 0 Å². The quantitative estimate of drug-likeness (QED) is 0.566. The van der Waals surface area contributed by atoms with Gasteiger partial charge in [-0.25, -0.2) is 0 Å². The minimum Gasteiger partial charge on any atom is -0.481 e. The van der Waals surface area contributed by atoms with Crippen molar-refractivity contribution in [3.05, 3.63) is 0 Å². The Hall–Kier alpha value is -0.570. The van der Waals surface area contributed by atoms with Crippen LogP contribution in [0.1, 0.15) is 59.3 Å². The summed E-state index contributed by atoms with van der Waals surface area (Å²) in [5.74, 6) is -0.733. The van der Waals surface area contributed by atoms with Gasteiger partial charge in [0.25, 0.3) is 0 Å². The molecule has 3 heteroatoms. The number of rotatable bonds is 10. The molecule has 0 saturated heterocycles. The van der Waals surface area contributed by atoms with Crippen molar-refractivity contribution in [3.63, 3.8) is 0 Å². The second-order valence-electron chi connectivity index (χ2n) is 5.13. The minimum atomic E-state index is -0.733. The molecule has 0 aliphatic heterocycles.